The van der Waals surface area contributed by atoms with Gasteiger partial charge in [-0.1, -0.05) is 30.3 Å². The fraction of sp³-hybridized carbons (Fsp3) is 0.263. The summed E-state index contributed by atoms with van der Waals surface area (Å²) in [5.74, 6) is -2.41. The molecule has 0 radical (unpaired) electrons. The Balaban J connectivity index is 1.76. The minimum Gasteiger partial charge on any atom is -0.481 e. The highest BCUT2D eigenvalue weighted by molar-refractivity contribution is 8.00. The molecule has 142 valence electrons. The number of amides is 1. The molecule has 3 rings (SSSR count). The van der Waals surface area contributed by atoms with Gasteiger partial charge in [0.1, 0.15) is 0 Å². The summed E-state index contributed by atoms with van der Waals surface area (Å²) < 4.78 is 37.2. The molecule has 2 aromatic rings. The lowest BCUT2D eigenvalue weighted by Crippen LogP contribution is -2.29. The van der Waals surface area contributed by atoms with Crippen molar-refractivity contribution in [3.63, 3.8) is 0 Å². The number of carboxylic acid groups (broad SMARTS) is 1. The molecule has 0 aromatic heterocycles. The number of halogens is 3. The van der Waals surface area contributed by atoms with Crippen molar-refractivity contribution in [3.8, 4) is 0 Å². The van der Waals surface area contributed by atoms with Crippen LogP contribution in [0.2, 0.25) is 0 Å². The van der Waals surface area contributed by atoms with Gasteiger partial charge in [0.15, 0.2) is 0 Å². The second-order valence-corrected chi connectivity index (χ2v) is 7.38. The molecular formula is C19H16F3NO3S. The summed E-state index contributed by atoms with van der Waals surface area (Å²) in [6.45, 7) is 0.311. The van der Waals surface area contributed by atoms with E-state index in [-0.39, 0.29) is 47.1 Å². The van der Waals surface area contributed by atoms with Crippen molar-refractivity contribution < 1.29 is 27.9 Å². The van der Waals surface area contributed by atoms with Crippen molar-refractivity contribution in [2.75, 3.05) is 13.1 Å². The fourth-order valence-electron chi connectivity index (χ4n) is 3.24. The van der Waals surface area contributed by atoms with Gasteiger partial charge >= 0.3 is 11.5 Å². The number of alkyl halides is 3. The quantitative estimate of drug-likeness (QED) is 0.787. The molecule has 0 aliphatic carbocycles. The van der Waals surface area contributed by atoms with Crippen molar-refractivity contribution in [2.45, 2.75) is 16.3 Å². The van der Waals surface area contributed by atoms with Crippen LogP contribution in [-0.2, 0) is 4.79 Å². The van der Waals surface area contributed by atoms with Crippen LogP contribution in [0, 0.1) is 5.92 Å². The molecule has 1 aliphatic rings. The van der Waals surface area contributed by atoms with Gasteiger partial charge in [0.25, 0.3) is 5.91 Å². The van der Waals surface area contributed by atoms with Gasteiger partial charge in [-0.2, -0.15) is 13.2 Å². The molecule has 4 nitrogen and oxygen atoms in total. The Morgan fingerprint density at radius 3 is 2.19 bits per heavy atom. The summed E-state index contributed by atoms with van der Waals surface area (Å²) in [6, 6.07) is 14.3. The smallest absolute Gasteiger partial charge is 0.446 e. The largest absolute Gasteiger partial charge is 0.481 e. The van der Waals surface area contributed by atoms with Crippen molar-refractivity contribution >= 4 is 23.6 Å². The first-order valence-corrected chi connectivity index (χ1v) is 8.99. The SMILES string of the molecule is O=C(O)C1CN(C(=O)c2ccc(SC(F)(F)F)cc2)CC1c1ccccc1. The maximum absolute atomic E-state index is 12.7. The number of rotatable bonds is 4. The normalized spacial score (nSPS) is 19.9. The third kappa shape index (κ3) is 4.63. The van der Waals surface area contributed by atoms with Gasteiger partial charge in [-0.3, -0.25) is 9.59 Å². The molecule has 1 aliphatic heterocycles. The van der Waals surface area contributed by atoms with E-state index in [0.717, 1.165) is 5.56 Å². The minimum atomic E-state index is -4.39. The number of hydrogen-bond donors (Lipinski definition) is 1. The first-order valence-electron chi connectivity index (χ1n) is 8.17. The Morgan fingerprint density at radius 2 is 1.63 bits per heavy atom. The summed E-state index contributed by atoms with van der Waals surface area (Å²) in [5.41, 5.74) is -3.31. The predicted octanol–water partition coefficient (Wildman–Crippen LogP) is 4.24. The van der Waals surface area contributed by atoms with E-state index in [1.54, 1.807) is 0 Å². The fourth-order valence-corrected chi connectivity index (χ4v) is 3.78. The summed E-state index contributed by atoms with van der Waals surface area (Å²) in [4.78, 5) is 25.8. The van der Waals surface area contributed by atoms with Crippen molar-refractivity contribution in [2.24, 2.45) is 5.92 Å². The summed E-state index contributed by atoms with van der Waals surface area (Å²) >= 11 is -0.247. The van der Waals surface area contributed by atoms with Gasteiger partial charge in [-0.25, -0.2) is 0 Å². The molecule has 1 amide bonds. The average Bonchev–Trinajstić information content (AvgIpc) is 3.07. The number of nitrogens with zero attached hydrogens (tertiary/aromatic N) is 1. The van der Waals surface area contributed by atoms with Gasteiger partial charge in [-0.05, 0) is 41.6 Å². The molecular weight excluding hydrogens is 379 g/mol. The third-order valence-corrected chi connectivity index (χ3v) is 5.23. The molecule has 0 saturated carbocycles. The van der Waals surface area contributed by atoms with Crippen LogP contribution in [0.4, 0.5) is 13.2 Å². The van der Waals surface area contributed by atoms with Gasteiger partial charge in [0.05, 0.1) is 5.92 Å². The van der Waals surface area contributed by atoms with Crippen molar-refractivity contribution in [3.05, 3.63) is 65.7 Å². The number of carbonyl (C=O) groups excluding carboxylic acids is 1. The Labute approximate surface area is 158 Å². The highest BCUT2D eigenvalue weighted by Gasteiger charge is 2.40. The Kier molecular flexibility index (Phi) is 5.46. The lowest BCUT2D eigenvalue weighted by molar-refractivity contribution is -0.141. The van der Waals surface area contributed by atoms with Crippen LogP contribution in [-0.4, -0.2) is 40.5 Å². The zero-order valence-electron chi connectivity index (χ0n) is 14.0. The highest BCUT2D eigenvalue weighted by Crippen LogP contribution is 2.37. The topological polar surface area (TPSA) is 57.6 Å². The van der Waals surface area contributed by atoms with Crippen LogP contribution < -0.4 is 0 Å². The van der Waals surface area contributed by atoms with E-state index in [4.69, 9.17) is 0 Å². The van der Waals surface area contributed by atoms with Crippen molar-refractivity contribution in [1.82, 2.24) is 4.90 Å². The molecule has 1 fully saturated rings. The van der Waals surface area contributed by atoms with Gasteiger partial charge in [0.2, 0.25) is 0 Å². The van der Waals surface area contributed by atoms with Crippen LogP contribution in [0.25, 0.3) is 0 Å². The minimum absolute atomic E-state index is 0.00829. The second-order valence-electron chi connectivity index (χ2n) is 6.24. The van der Waals surface area contributed by atoms with E-state index in [1.807, 2.05) is 30.3 Å². The van der Waals surface area contributed by atoms with Crippen molar-refractivity contribution in [1.29, 1.82) is 0 Å². The molecule has 1 saturated heterocycles. The molecule has 2 unspecified atom stereocenters. The monoisotopic (exact) mass is 395 g/mol. The number of carbonyl (C=O) groups is 2. The molecule has 0 bridgehead atoms. The first-order chi connectivity index (χ1) is 12.7. The zero-order chi connectivity index (χ0) is 19.6. The van der Waals surface area contributed by atoms with Crippen LogP contribution >= 0.6 is 11.8 Å². The standard InChI is InChI=1S/C19H16F3NO3S/c20-19(21,22)27-14-8-6-13(7-9-14)17(24)23-10-15(16(11-23)18(25)26)12-4-2-1-3-5-12/h1-9,15-16H,10-11H2,(H,25,26). The van der Waals surface area contributed by atoms with E-state index in [1.165, 1.54) is 29.2 Å². The Morgan fingerprint density at radius 1 is 1.00 bits per heavy atom. The lowest BCUT2D eigenvalue weighted by Gasteiger charge is -2.17. The number of hydrogen-bond acceptors (Lipinski definition) is 3. The molecule has 2 aromatic carbocycles. The Bertz CT molecular complexity index is 824. The van der Waals surface area contributed by atoms with Crippen LogP contribution in [0.15, 0.2) is 59.5 Å². The van der Waals surface area contributed by atoms with Crippen LogP contribution in [0.3, 0.4) is 0 Å². The third-order valence-electron chi connectivity index (χ3n) is 4.49. The molecule has 8 heteroatoms. The number of likely N-dealkylation sites (tertiary alicyclic amines) is 1. The maximum Gasteiger partial charge on any atom is 0.446 e. The highest BCUT2D eigenvalue weighted by atomic mass is 32.2. The van der Waals surface area contributed by atoms with Gasteiger partial charge < -0.3 is 10.0 Å². The summed E-state index contributed by atoms with van der Waals surface area (Å²) in [6.07, 6.45) is 0. The number of thioether (sulfide) groups is 1. The Hall–Kier alpha value is -2.48. The number of benzene rings is 2. The van der Waals surface area contributed by atoms with Gasteiger partial charge in [0, 0.05) is 29.5 Å². The number of aliphatic carboxylic acids is 1. The molecule has 2 atom stereocenters. The van der Waals surface area contributed by atoms with E-state index < -0.39 is 17.4 Å². The predicted molar refractivity (Wildman–Crippen MR) is 94.6 cm³/mol. The average molecular weight is 395 g/mol. The van der Waals surface area contributed by atoms with E-state index >= 15 is 0 Å². The maximum atomic E-state index is 12.7. The summed E-state index contributed by atoms with van der Waals surface area (Å²) in [7, 11) is 0. The zero-order valence-corrected chi connectivity index (χ0v) is 14.8. The van der Waals surface area contributed by atoms with E-state index in [0.29, 0.717) is 0 Å². The molecule has 0 spiro atoms. The molecule has 1 heterocycles. The first kappa shape index (κ1) is 19.3. The second kappa shape index (κ2) is 7.64. The number of carboxylic acids is 1. The molecule has 27 heavy (non-hydrogen) atoms. The van der Waals surface area contributed by atoms with E-state index in [9.17, 15) is 27.9 Å². The van der Waals surface area contributed by atoms with E-state index in [2.05, 4.69) is 0 Å². The van der Waals surface area contributed by atoms with Gasteiger partial charge in [-0.15, -0.1) is 0 Å². The summed E-state index contributed by atoms with van der Waals surface area (Å²) in [5, 5.41) is 9.51. The van der Waals surface area contributed by atoms with Crippen LogP contribution in [0.5, 0.6) is 0 Å². The molecule has 1 N–H and O–H groups in total. The lowest BCUT2D eigenvalue weighted by atomic mass is 9.89. The van der Waals surface area contributed by atoms with Crippen LogP contribution in [0.1, 0.15) is 21.8 Å².